The molecule has 0 saturated carbocycles. The Kier molecular flexibility index (Phi) is 5.73. The highest BCUT2D eigenvalue weighted by Crippen LogP contribution is 2.34. The molecule has 0 spiro atoms. The first-order valence-corrected chi connectivity index (χ1v) is 12.8. The Balaban J connectivity index is 1.51. The second-order valence-electron chi connectivity index (χ2n) is 8.49. The van der Waals surface area contributed by atoms with E-state index in [0.29, 0.717) is 30.5 Å². The Morgan fingerprint density at radius 3 is 2.53 bits per heavy atom. The van der Waals surface area contributed by atoms with Gasteiger partial charge in [0.05, 0.1) is 22.7 Å². The number of carbonyl (C=O) groups excluding carboxylic acids is 1. The largest absolute Gasteiger partial charge is 0.343 e. The van der Waals surface area contributed by atoms with E-state index in [0.717, 1.165) is 22.4 Å². The number of aromatic nitrogens is 3. The summed E-state index contributed by atoms with van der Waals surface area (Å²) >= 11 is 0. The van der Waals surface area contributed by atoms with E-state index in [2.05, 4.69) is 5.10 Å². The van der Waals surface area contributed by atoms with E-state index in [1.165, 1.54) is 30.5 Å². The number of piperidine rings is 1. The molecule has 0 aliphatic carbocycles. The highest BCUT2D eigenvalue weighted by atomic mass is 32.2. The number of carbonyl (C=O) groups is 1. The average Bonchev–Trinajstić information content (AvgIpc) is 3.49. The molecule has 0 unspecified atom stereocenters. The molecule has 3 heterocycles. The summed E-state index contributed by atoms with van der Waals surface area (Å²) in [6.07, 6.45) is 7.27. The molecule has 4 aromatic rings. The van der Waals surface area contributed by atoms with Crippen LogP contribution in [0.1, 0.15) is 32.2 Å². The monoisotopic (exact) mass is 480 g/mol. The molecule has 176 valence electrons. The summed E-state index contributed by atoms with van der Waals surface area (Å²) in [7, 11) is -3.91. The van der Waals surface area contributed by atoms with Gasteiger partial charge in [-0.15, -0.1) is 0 Å². The van der Waals surface area contributed by atoms with Crippen LogP contribution in [0.2, 0.25) is 0 Å². The van der Waals surface area contributed by atoms with Crippen molar-refractivity contribution < 1.29 is 17.6 Å². The summed E-state index contributed by atoms with van der Waals surface area (Å²) in [5.74, 6) is -0.343. The standard InChI is InChI=1S/C25H25FN4O3S/c1-2-25(31)28-12-10-20(11-13-28)29-16-18(15-27-29)23-17-30(24-14-19(26)8-9-22(23)24)34(32,33)21-6-4-3-5-7-21/h3-9,14-17,20H,2,10-13H2,1H3. The summed E-state index contributed by atoms with van der Waals surface area (Å²) in [5, 5.41) is 5.17. The quantitative estimate of drug-likeness (QED) is 0.423. The lowest BCUT2D eigenvalue weighted by atomic mass is 10.0. The Bertz CT molecular complexity index is 1450. The van der Waals surface area contributed by atoms with Crippen LogP contribution in [0.25, 0.3) is 22.0 Å². The van der Waals surface area contributed by atoms with Gasteiger partial charge in [-0.1, -0.05) is 25.1 Å². The number of amides is 1. The highest BCUT2D eigenvalue weighted by molar-refractivity contribution is 7.90. The van der Waals surface area contributed by atoms with Crippen LogP contribution >= 0.6 is 0 Å². The summed E-state index contributed by atoms with van der Waals surface area (Å²) in [6.45, 7) is 3.26. The zero-order chi connectivity index (χ0) is 23.9. The number of hydrogen-bond donors (Lipinski definition) is 0. The summed E-state index contributed by atoms with van der Waals surface area (Å²) < 4.78 is 43.9. The fourth-order valence-electron chi connectivity index (χ4n) is 4.59. The molecule has 7 nitrogen and oxygen atoms in total. The van der Waals surface area contributed by atoms with E-state index in [1.807, 2.05) is 22.7 Å². The highest BCUT2D eigenvalue weighted by Gasteiger charge is 2.25. The molecule has 0 atom stereocenters. The van der Waals surface area contributed by atoms with Crippen LogP contribution in [0.3, 0.4) is 0 Å². The van der Waals surface area contributed by atoms with E-state index >= 15 is 0 Å². The lowest BCUT2D eigenvalue weighted by Crippen LogP contribution is -2.38. The zero-order valence-electron chi connectivity index (χ0n) is 18.8. The van der Waals surface area contributed by atoms with Gasteiger partial charge in [0.1, 0.15) is 5.82 Å². The topological polar surface area (TPSA) is 77.2 Å². The number of hydrogen-bond acceptors (Lipinski definition) is 4. The number of rotatable bonds is 5. The molecule has 5 rings (SSSR count). The van der Waals surface area contributed by atoms with E-state index in [4.69, 9.17) is 0 Å². The Morgan fingerprint density at radius 1 is 1.09 bits per heavy atom. The summed E-state index contributed by atoms with van der Waals surface area (Å²) in [4.78, 5) is 14.0. The van der Waals surface area contributed by atoms with Crippen LogP contribution in [0.4, 0.5) is 4.39 Å². The molecule has 2 aromatic carbocycles. The van der Waals surface area contributed by atoms with Crippen molar-refractivity contribution in [2.45, 2.75) is 37.1 Å². The zero-order valence-corrected chi connectivity index (χ0v) is 19.6. The first-order valence-electron chi connectivity index (χ1n) is 11.3. The number of halogens is 1. The molecule has 1 aliphatic heterocycles. The lowest BCUT2D eigenvalue weighted by Gasteiger charge is -2.31. The SMILES string of the molecule is CCC(=O)N1CCC(n2cc(-c3cn(S(=O)(=O)c4ccccc4)c4cc(F)ccc34)cn2)CC1. The smallest absolute Gasteiger partial charge is 0.268 e. The van der Waals surface area contributed by atoms with Gasteiger partial charge >= 0.3 is 0 Å². The Morgan fingerprint density at radius 2 is 1.82 bits per heavy atom. The summed E-state index contributed by atoms with van der Waals surface area (Å²) in [6, 6.07) is 12.4. The first kappa shape index (κ1) is 22.3. The third-order valence-electron chi connectivity index (χ3n) is 6.44. The molecule has 0 N–H and O–H groups in total. The molecule has 0 bridgehead atoms. The number of benzene rings is 2. The number of nitrogens with zero attached hydrogens (tertiary/aromatic N) is 4. The molecular weight excluding hydrogens is 455 g/mol. The predicted octanol–water partition coefficient (Wildman–Crippen LogP) is 4.45. The molecule has 2 aromatic heterocycles. The number of likely N-dealkylation sites (tertiary alicyclic amines) is 1. The van der Waals surface area contributed by atoms with Gasteiger partial charge in [-0.3, -0.25) is 9.48 Å². The van der Waals surface area contributed by atoms with Crippen LogP contribution in [0, 0.1) is 5.82 Å². The molecular formula is C25H25FN4O3S. The van der Waals surface area contributed by atoms with Gasteiger partial charge in [-0.05, 0) is 43.2 Å². The first-order chi connectivity index (χ1) is 16.4. The molecule has 1 fully saturated rings. The Hall–Kier alpha value is -3.46. The fraction of sp³-hybridized carbons (Fsp3) is 0.280. The van der Waals surface area contributed by atoms with Crippen molar-refractivity contribution in [3.8, 4) is 11.1 Å². The van der Waals surface area contributed by atoms with Crippen molar-refractivity contribution in [2.24, 2.45) is 0 Å². The van der Waals surface area contributed by atoms with Crippen molar-refractivity contribution in [2.75, 3.05) is 13.1 Å². The van der Waals surface area contributed by atoms with Crippen molar-refractivity contribution in [1.82, 2.24) is 18.7 Å². The second kappa shape index (κ2) is 8.72. The maximum Gasteiger partial charge on any atom is 0.268 e. The van der Waals surface area contributed by atoms with Crippen molar-refractivity contribution in [1.29, 1.82) is 0 Å². The maximum atomic E-state index is 14.1. The van der Waals surface area contributed by atoms with E-state index in [9.17, 15) is 17.6 Å². The van der Waals surface area contributed by atoms with Crippen molar-refractivity contribution >= 4 is 26.8 Å². The van der Waals surface area contributed by atoms with Gasteiger partial charge in [-0.25, -0.2) is 16.8 Å². The van der Waals surface area contributed by atoms with Crippen molar-refractivity contribution in [3.63, 3.8) is 0 Å². The van der Waals surface area contributed by atoms with Gasteiger partial charge in [0, 0.05) is 48.4 Å². The van der Waals surface area contributed by atoms with E-state index < -0.39 is 15.8 Å². The van der Waals surface area contributed by atoms with Gasteiger partial charge in [-0.2, -0.15) is 5.10 Å². The Labute approximate surface area is 197 Å². The molecule has 0 radical (unpaired) electrons. The molecule has 1 saturated heterocycles. The molecule has 1 aliphatic rings. The van der Waals surface area contributed by atoms with Crippen LogP contribution in [-0.4, -0.2) is 46.1 Å². The minimum Gasteiger partial charge on any atom is -0.343 e. The minimum atomic E-state index is -3.91. The van der Waals surface area contributed by atoms with Crippen LogP contribution in [0.15, 0.2) is 72.0 Å². The fourth-order valence-corrected chi connectivity index (χ4v) is 5.97. The van der Waals surface area contributed by atoms with Crippen LogP contribution < -0.4 is 0 Å². The second-order valence-corrected chi connectivity index (χ2v) is 10.3. The maximum absolute atomic E-state index is 14.1. The minimum absolute atomic E-state index is 0.131. The van der Waals surface area contributed by atoms with Gasteiger partial charge in [0.15, 0.2) is 0 Å². The average molecular weight is 481 g/mol. The lowest BCUT2D eigenvalue weighted by molar-refractivity contribution is -0.132. The van der Waals surface area contributed by atoms with Gasteiger partial charge in [0.2, 0.25) is 5.91 Å². The van der Waals surface area contributed by atoms with Crippen LogP contribution in [-0.2, 0) is 14.8 Å². The van der Waals surface area contributed by atoms with E-state index in [-0.39, 0.29) is 22.4 Å². The number of fused-ring (bicyclic) bond motifs is 1. The molecule has 9 heteroatoms. The normalized spacial score (nSPS) is 15.2. The van der Waals surface area contributed by atoms with Gasteiger partial charge < -0.3 is 4.90 Å². The van der Waals surface area contributed by atoms with E-state index in [1.54, 1.807) is 30.5 Å². The summed E-state index contributed by atoms with van der Waals surface area (Å²) in [5.41, 5.74) is 1.70. The predicted molar refractivity (Wildman–Crippen MR) is 127 cm³/mol. The van der Waals surface area contributed by atoms with Gasteiger partial charge in [0.25, 0.3) is 10.0 Å². The molecule has 34 heavy (non-hydrogen) atoms. The van der Waals surface area contributed by atoms with Crippen molar-refractivity contribution in [3.05, 3.63) is 72.9 Å². The molecule has 1 amide bonds. The van der Waals surface area contributed by atoms with Crippen LogP contribution in [0.5, 0.6) is 0 Å². The third-order valence-corrected chi connectivity index (χ3v) is 8.13. The third kappa shape index (κ3) is 3.90.